The molecule has 9 heteroatoms. The molecule has 1 aliphatic heterocycles. The van der Waals surface area contributed by atoms with Crippen molar-refractivity contribution in [1.82, 2.24) is 15.5 Å². The van der Waals surface area contributed by atoms with Crippen LogP contribution < -0.4 is 20.7 Å². The molecule has 2 aromatic carbocycles. The Kier molecular flexibility index (Phi) is 7.89. The van der Waals surface area contributed by atoms with Crippen LogP contribution in [-0.2, 0) is 4.74 Å². The quantitative estimate of drug-likeness (QED) is 0.599. The van der Waals surface area contributed by atoms with Gasteiger partial charge < -0.3 is 30.3 Å². The summed E-state index contributed by atoms with van der Waals surface area (Å²) in [5, 5.41) is 8.46. The smallest absolute Gasteiger partial charge is 0.407 e. The fourth-order valence-electron chi connectivity index (χ4n) is 4.05. The van der Waals surface area contributed by atoms with E-state index in [0.29, 0.717) is 24.3 Å². The van der Waals surface area contributed by atoms with Gasteiger partial charge in [-0.15, -0.1) is 0 Å². The van der Waals surface area contributed by atoms with Crippen molar-refractivity contribution < 1.29 is 23.9 Å². The van der Waals surface area contributed by atoms with Gasteiger partial charge in [0.1, 0.15) is 11.4 Å². The summed E-state index contributed by atoms with van der Waals surface area (Å²) >= 11 is 0. The highest BCUT2D eigenvalue weighted by Crippen LogP contribution is 2.30. The highest BCUT2D eigenvalue weighted by Gasteiger charge is 2.38. The Hall–Kier alpha value is -3.75. The Labute approximate surface area is 206 Å². The summed E-state index contributed by atoms with van der Waals surface area (Å²) in [6, 6.07) is 12.1. The number of aryl methyl sites for hydroxylation is 1. The van der Waals surface area contributed by atoms with Crippen LogP contribution >= 0.6 is 0 Å². The number of urea groups is 1. The van der Waals surface area contributed by atoms with Gasteiger partial charge in [0, 0.05) is 37.3 Å². The maximum absolute atomic E-state index is 13.2. The van der Waals surface area contributed by atoms with Gasteiger partial charge in [0.25, 0.3) is 5.91 Å². The molecular weight excluding hydrogens is 448 g/mol. The lowest BCUT2D eigenvalue weighted by atomic mass is 9.94. The minimum Gasteiger partial charge on any atom is -0.497 e. The molecule has 0 aromatic heterocycles. The number of anilines is 1. The lowest BCUT2D eigenvalue weighted by Gasteiger charge is -2.24. The van der Waals surface area contributed by atoms with Crippen LogP contribution in [0.1, 0.15) is 48.2 Å². The van der Waals surface area contributed by atoms with Gasteiger partial charge in [-0.3, -0.25) is 4.79 Å². The SMILES string of the molecule is CNC(=O)c1ccc(NC(=O)N2C[C@@H](NC(=O)OC(C)(C)C)[C@H](c3ccc(OC)cc3)C2)c(C)c1. The summed E-state index contributed by atoms with van der Waals surface area (Å²) in [7, 11) is 3.17. The summed E-state index contributed by atoms with van der Waals surface area (Å²) in [6.45, 7) is 7.98. The molecule has 0 aliphatic carbocycles. The maximum atomic E-state index is 13.2. The molecule has 1 heterocycles. The zero-order chi connectivity index (χ0) is 25.8. The molecule has 1 fully saturated rings. The lowest BCUT2D eigenvalue weighted by molar-refractivity contribution is 0.0502. The van der Waals surface area contributed by atoms with Crippen molar-refractivity contribution in [2.75, 3.05) is 32.6 Å². The van der Waals surface area contributed by atoms with Gasteiger partial charge in [0.2, 0.25) is 0 Å². The van der Waals surface area contributed by atoms with Crippen molar-refractivity contribution >= 4 is 23.7 Å². The average Bonchev–Trinajstić information content (AvgIpc) is 3.22. The molecule has 2 aromatic rings. The highest BCUT2D eigenvalue weighted by molar-refractivity contribution is 5.96. The first kappa shape index (κ1) is 25.9. The first-order valence-corrected chi connectivity index (χ1v) is 11.5. The summed E-state index contributed by atoms with van der Waals surface area (Å²) in [5.74, 6) is 0.411. The molecule has 1 aliphatic rings. The van der Waals surface area contributed by atoms with Crippen molar-refractivity contribution in [1.29, 1.82) is 0 Å². The number of ether oxygens (including phenoxy) is 2. The number of carbonyl (C=O) groups excluding carboxylic acids is 3. The molecule has 4 amide bonds. The Bertz CT molecular complexity index is 1080. The highest BCUT2D eigenvalue weighted by atomic mass is 16.6. The minimum absolute atomic E-state index is 0.129. The predicted molar refractivity (Wildman–Crippen MR) is 134 cm³/mol. The fraction of sp³-hybridized carbons (Fsp3) is 0.423. The van der Waals surface area contributed by atoms with Crippen LogP contribution in [0.4, 0.5) is 15.3 Å². The first-order chi connectivity index (χ1) is 16.5. The van der Waals surface area contributed by atoms with Crippen molar-refractivity contribution in [3.8, 4) is 5.75 Å². The van der Waals surface area contributed by atoms with Crippen LogP contribution in [0.5, 0.6) is 5.75 Å². The number of benzene rings is 2. The predicted octanol–water partition coefficient (Wildman–Crippen LogP) is 3.89. The molecule has 0 bridgehead atoms. The zero-order valence-corrected chi connectivity index (χ0v) is 21.1. The van der Waals surface area contributed by atoms with Crippen LogP contribution in [0.3, 0.4) is 0 Å². The number of rotatable bonds is 5. The van der Waals surface area contributed by atoms with Crippen LogP contribution in [0, 0.1) is 6.92 Å². The minimum atomic E-state index is -0.631. The molecule has 188 valence electrons. The number of methoxy groups -OCH3 is 1. The van der Waals surface area contributed by atoms with E-state index >= 15 is 0 Å². The molecule has 2 atom stereocenters. The van der Waals surface area contributed by atoms with Gasteiger partial charge in [0.15, 0.2) is 0 Å². The number of nitrogens with one attached hydrogen (secondary N) is 3. The third-order valence-electron chi connectivity index (χ3n) is 5.81. The van der Waals surface area contributed by atoms with E-state index in [0.717, 1.165) is 16.9 Å². The maximum Gasteiger partial charge on any atom is 0.407 e. The number of hydrogen-bond donors (Lipinski definition) is 3. The Morgan fingerprint density at radius 1 is 1.03 bits per heavy atom. The molecule has 35 heavy (non-hydrogen) atoms. The van der Waals surface area contributed by atoms with Crippen LogP contribution in [0.2, 0.25) is 0 Å². The number of likely N-dealkylation sites (tertiary alicyclic amines) is 1. The van der Waals surface area contributed by atoms with Crippen LogP contribution in [0.25, 0.3) is 0 Å². The fourth-order valence-corrected chi connectivity index (χ4v) is 4.05. The molecule has 0 radical (unpaired) electrons. The Balaban J connectivity index is 1.77. The second-order valence-corrected chi connectivity index (χ2v) is 9.58. The number of amides is 4. The summed E-state index contributed by atoms with van der Waals surface area (Å²) < 4.78 is 10.7. The Morgan fingerprint density at radius 2 is 1.71 bits per heavy atom. The van der Waals surface area contributed by atoms with Crippen molar-refractivity contribution in [2.45, 2.75) is 45.3 Å². The first-order valence-electron chi connectivity index (χ1n) is 11.5. The molecule has 0 unspecified atom stereocenters. The normalized spacial score (nSPS) is 17.5. The van der Waals surface area contributed by atoms with E-state index in [2.05, 4.69) is 16.0 Å². The average molecular weight is 483 g/mol. The monoisotopic (exact) mass is 482 g/mol. The number of alkyl carbamates (subject to hydrolysis) is 1. The van der Waals surface area contributed by atoms with Crippen molar-refractivity contribution in [2.24, 2.45) is 0 Å². The summed E-state index contributed by atoms with van der Waals surface area (Å²) in [6.07, 6.45) is -0.524. The molecular formula is C26H34N4O5. The van der Waals surface area contributed by atoms with E-state index in [9.17, 15) is 14.4 Å². The standard InChI is InChI=1S/C26H34N4O5/c1-16-13-18(23(31)27-5)9-12-21(16)28-24(32)30-14-20(17-7-10-19(34-6)11-8-17)22(15-30)29-25(33)35-26(2,3)4/h7-13,20,22H,14-15H2,1-6H3,(H,27,31)(H,28,32)(H,29,33)/t20-,22+/m0/s1. The van der Waals surface area contributed by atoms with E-state index in [-0.39, 0.29) is 23.9 Å². The third kappa shape index (κ3) is 6.65. The summed E-state index contributed by atoms with van der Waals surface area (Å²) in [4.78, 5) is 39.2. The van der Waals surface area contributed by atoms with Gasteiger partial charge >= 0.3 is 12.1 Å². The van der Waals surface area contributed by atoms with Gasteiger partial charge in [-0.1, -0.05) is 12.1 Å². The van der Waals surface area contributed by atoms with Crippen LogP contribution in [0.15, 0.2) is 42.5 Å². The number of carbonyl (C=O) groups is 3. The van der Waals surface area contributed by atoms with Gasteiger partial charge in [-0.05, 0) is 69.2 Å². The number of hydrogen-bond acceptors (Lipinski definition) is 5. The topological polar surface area (TPSA) is 109 Å². The second kappa shape index (κ2) is 10.7. The zero-order valence-electron chi connectivity index (χ0n) is 21.1. The lowest BCUT2D eigenvalue weighted by Crippen LogP contribution is -2.43. The van der Waals surface area contributed by atoms with Gasteiger partial charge in [0.05, 0.1) is 13.2 Å². The molecule has 3 rings (SSSR count). The molecule has 9 nitrogen and oxygen atoms in total. The van der Waals surface area contributed by atoms with Gasteiger partial charge in [-0.2, -0.15) is 0 Å². The largest absolute Gasteiger partial charge is 0.497 e. The van der Waals surface area contributed by atoms with Crippen molar-refractivity contribution in [3.05, 3.63) is 59.2 Å². The second-order valence-electron chi connectivity index (χ2n) is 9.58. The summed E-state index contributed by atoms with van der Waals surface area (Å²) in [5.41, 5.74) is 2.26. The molecule has 0 spiro atoms. The third-order valence-corrected chi connectivity index (χ3v) is 5.81. The van der Waals surface area contributed by atoms with E-state index in [1.165, 1.54) is 0 Å². The van der Waals surface area contributed by atoms with E-state index < -0.39 is 11.7 Å². The van der Waals surface area contributed by atoms with Crippen LogP contribution in [-0.4, -0.2) is 61.8 Å². The van der Waals surface area contributed by atoms with Crippen molar-refractivity contribution in [3.63, 3.8) is 0 Å². The Morgan fingerprint density at radius 3 is 2.29 bits per heavy atom. The molecule has 1 saturated heterocycles. The van der Waals surface area contributed by atoms with E-state index in [1.54, 1.807) is 58.0 Å². The van der Waals surface area contributed by atoms with E-state index in [4.69, 9.17) is 9.47 Å². The molecule has 0 saturated carbocycles. The number of nitrogens with zero attached hydrogens (tertiary/aromatic N) is 1. The van der Waals surface area contributed by atoms with E-state index in [1.807, 2.05) is 31.2 Å². The molecule has 3 N–H and O–H groups in total. The van der Waals surface area contributed by atoms with Gasteiger partial charge in [-0.25, -0.2) is 9.59 Å².